The third-order valence-corrected chi connectivity index (χ3v) is 5.41. The smallest absolute Gasteiger partial charge is 0.205 e. The van der Waals surface area contributed by atoms with Crippen LogP contribution in [0, 0.1) is 5.92 Å². The Morgan fingerprint density at radius 1 is 1.64 bits per heavy atom. The van der Waals surface area contributed by atoms with Crippen molar-refractivity contribution in [2.75, 3.05) is 13.1 Å². The van der Waals surface area contributed by atoms with Gasteiger partial charge in [-0.15, -0.1) is 0 Å². The van der Waals surface area contributed by atoms with Gasteiger partial charge in [-0.2, -0.15) is 0 Å². The third kappa shape index (κ3) is 3.14. The summed E-state index contributed by atoms with van der Waals surface area (Å²) in [6, 6.07) is 0. The Morgan fingerprint density at radius 2 is 2.36 bits per heavy atom. The van der Waals surface area contributed by atoms with Gasteiger partial charge in [0.15, 0.2) is 0 Å². The van der Waals surface area contributed by atoms with Crippen LogP contribution in [0.1, 0.15) is 12.8 Å². The Bertz CT molecular complexity index is 145. The number of rotatable bonds is 2. The predicted molar refractivity (Wildman–Crippen MR) is 62.4 cm³/mol. The highest BCUT2D eigenvalue weighted by atomic mass is 127. The molecule has 0 aromatic heterocycles. The van der Waals surface area contributed by atoms with Crippen molar-refractivity contribution in [3.63, 3.8) is 0 Å². The van der Waals surface area contributed by atoms with Crippen LogP contribution in [-0.2, 0) is 4.79 Å². The summed E-state index contributed by atoms with van der Waals surface area (Å²) in [6.45, 7) is 2.14. The minimum Gasteiger partial charge on any atom is -0.316 e. The average molecular weight is 379 g/mol. The molecule has 0 saturated carbocycles. The molecule has 0 bridgehead atoms. The van der Waals surface area contributed by atoms with Crippen molar-refractivity contribution >= 4 is 49.0 Å². The van der Waals surface area contributed by atoms with E-state index in [0.29, 0.717) is 5.92 Å². The molecule has 2 nitrogen and oxygen atoms in total. The molecule has 1 N–H and O–H groups in total. The number of hydrogen-bond donors (Lipinski definition) is 1. The van der Waals surface area contributed by atoms with E-state index in [2.05, 4.69) is 27.9 Å². The second kappa shape index (κ2) is 4.96. The topological polar surface area (TPSA) is 29.1 Å². The van der Waals surface area contributed by atoms with Crippen LogP contribution in [0.25, 0.3) is 0 Å². The third-order valence-electron chi connectivity index (χ3n) is 1.97. The van der Waals surface area contributed by atoms with E-state index >= 15 is 0 Å². The molecule has 0 radical (unpaired) electrons. The minimum absolute atomic E-state index is 0.209. The van der Waals surface area contributed by atoms with E-state index in [1.165, 1.54) is 12.8 Å². The summed E-state index contributed by atoms with van der Waals surface area (Å²) in [4.78, 5) is 11.0. The van der Waals surface area contributed by atoms with Crippen molar-refractivity contribution in [2.24, 2.45) is 5.92 Å². The number of alkyl halides is 1. The number of carbonyl (C=O) groups excluding carboxylic acids is 1. The molecule has 0 aromatic rings. The maximum atomic E-state index is 11.0. The van der Waals surface area contributed by atoms with Gasteiger partial charge in [-0.05, 0) is 31.8 Å². The van der Waals surface area contributed by atoms with Crippen LogP contribution >= 0.6 is 45.2 Å². The van der Waals surface area contributed by atoms with Crippen molar-refractivity contribution in [1.29, 1.82) is 0 Å². The number of piperidine rings is 1. The van der Waals surface area contributed by atoms with Gasteiger partial charge in [0.05, 0.1) is 3.92 Å². The quantitative estimate of drug-likeness (QED) is 0.450. The SMILES string of the molecule is O=C(I)C(I)[C@H]1CCCNC1. The molecule has 1 aliphatic rings. The summed E-state index contributed by atoms with van der Waals surface area (Å²) < 4.78 is 0.498. The molecule has 1 saturated heterocycles. The molecular weight excluding hydrogens is 368 g/mol. The lowest BCUT2D eigenvalue weighted by atomic mass is 9.97. The van der Waals surface area contributed by atoms with Crippen LogP contribution in [0.5, 0.6) is 0 Å². The van der Waals surface area contributed by atoms with Crippen LogP contribution in [0.3, 0.4) is 0 Å². The molecule has 1 fully saturated rings. The number of hydrogen-bond acceptors (Lipinski definition) is 2. The Kier molecular flexibility index (Phi) is 4.59. The molecule has 1 unspecified atom stereocenters. The molecule has 0 aliphatic carbocycles. The summed E-state index contributed by atoms with van der Waals surface area (Å²) in [5.74, 6) is 0.564. The van der Waals surface area contributed by atoms with E-state index in [0.717, 1.165) is 13.1 Å². The van der Waals surface area contributed by atoms with E-state index in [4.69, 9.17) is 0 Å². The average Bonchev–Trinajstić information content (AvgIpc) is 2.05. The van der Waals surface area contributed by atoms with Gasteiger partial charge in [0.1, 0.15) is 0 Å². The second-order valence-corrected chi connectivity index (χ2v) is 5.22. The van der Waals surface area contributed by atoms with Crippen molar-refractivity contribution in [1.82, 2.24) is 5.32 Å². The number of nitrogens with one attached hydrogen (secondary N) is 1. The molecule has 0 aromatic carbocycles. The minimum atomic E-state index is 0.209. The zero-order valence-corrected chi connectivity index (χ0v) is 10.5. The highest BCUT2D eigenvalue weighted by Crippen LogP contribution is 2.23. The summed E-state index contributed by atoms with van der Waals surface area (Å²) in [7, 11) is 0. The van der Waals surface area contributed by atoms with Gasteiger partial charge in [-0.3, -0.25) is 4.79 Å². The highest BCUT2D eigenvalue weighted by Gasteiger charge is 2.24. The van der Waals surface area contributed by atoms with Crippen LogP contribution in [0.2, 0.25) is 0 Å². The van der Waals surface area contributed by atoms with E-state index in [-0.39, 0.29) is 7.71 Å². The van der Waals surface area contributed by atoms with Crippen molar-refractivity contribution in [2.45, 2.75) is 16.8 Å². The van der Waals surface area contributed by atoms with Gasteiger partial charge >= 0.3 is 0 Å². The van der Waals surface area contributed by atoms with Gasteiger partial charge in [-0.25, -0.2) is 0 Å². The molecule has 0 amide bonds. The van der Waals surface area contributed by atoms with Crippen LogP contribution in [-0.4, -0.2) is 20.8 Å². The molecule has 2 atom stereocenters. The summed E-state index contributed by atoms with van der Waals surface area (Å²) in [5, 5.41) is 3.31. The predicted octanol–water partition coefficient (Wildman–Crippen LogP) is 1.75. The van der Waals surface area contributed by atoms with E-state index < -0.39 is 0 Å². The van der Waals surface area contributed by atoms with E-state index in [9.17, 15) is 4.79 Å². The second-order valence-electron chi connectivity index (χ2n) is 2.81. The van der Waals surface area contributed by atoms with Gasteiger partial charge < -0.3 is 5.32 Å². The lowest BCUT2D eigenvalue weighted by molar-refractivity contribution is -0.109. The van der Waals surface area contributed by atoms with Crippen LogP contribution in [0.15, 0.2) is 0 Å². The standard InChI is InChI=1S/C7H11I2NO/c8-6(7(9)11)5-2-1-3-10-4-5/h5-6,10H,1-4H2/t5-,6?/m0/s1. The first-order valence-electron chi connectivity index (χ1n) is 3.76. The fourth-order valence-electron chi connectivity index (χ4n) is 1.31. The number of halogens is 2. The molecule has 1 rings (SSSR count). The molecule has 11 heavy (non-hydrogen) atoms. The van der Waals surface area contributed by atoms with Gasteiger partial charge in [-0.1, -0.05) is 22.6 Å². The largest absolute Gasteiger partial charge is 0.316 e. The fraction of sp³-hybridized carbons (Fsp3) is 0.857. The molecule has 0 spiro atoms. The normalized spacial score (nSPS) is 28.0. The zero-order valence-electron chi connectivity index (χ0n) is 6.15. The maximum absolute atomic E-state index is 11.0. The zero-order chi connectivity index (χ0) is 8.27. The van der Waals surface area contributed by atoms with Gasteiger partial charge in [0.2, 0.25) is 3.79 Å². The fourth-order valence-corrected chi connectivity index (χ4v) is 2.44. The first-order valence-corrected chi connectivity index (χ1v) is 6.08. The first-order chi connectivity index (χ1) is 5.22. The Balaban J connectivity index is 2.38. The van der Waals surface area contributed by atoms with Gasteiger partial charge in [0, 0.05) is 22.6 Å². The highest BCUT2D eigenvalue weighted by molar-refractivity contribution is 14.1. The lowest BCUT2D eigenvalue weighted by Crippen LogP contribution is -2.36. The maximum Gasteiger partial charge on any atom is 0.205 e. The van der Waals surface area contributed by atoms with Crippen molar-refractivity contribution in [3.8, 4) is 0 Å². The lowest BCUT2D eigenvalue weighted by Gasteiger charge is -2.24. The monoisotopic (exact) mass is 379 g/mol. The molecule has 64 valence electrons. The van der Waals surface area contributed by atoms with Gasteiger partial charge in [0.25, 0.3) is 0 Å². The van der Waals surface area contributed by atoms with E-state index in [1.54, 1.807) is 0 Å². The van der Waals surface area contributed by atoms with Crippen LogP contribution < -0.4 is 5.32 Å². The summed E-state index contributed by atoms with van der Waals surface area (Å²) >= 11 is 4.15. The van der Waals surface area contributed by atoms with Crippen molar-refractivity contribution < 1.29 is 4.79 Å². The number of carbonyl (C=O) groups is 1. The molecule has 4 heteroatoms. The Hall–Kier alpha value is 1.09. The molecule has 1 heterocycles. The molecule has 1 aliphatic heterocycles. The van der Waals surface area contributed by atoms with Crippen LogP contribution in [0.4, 0.5) is 0 Å². The Morgan fingerprint density at radius 3 is 2.82 bits per heavy atom. The summed E-state index contributed by atoms with van der Waals surface area (Å²) in [6.07, 6.45) is 2.42. The van der Waals surface area contributed by atoms with Crippen molar-refractivity contribution in [3.05, 3.63) is 0 Å². The Labute approximate surface area is 94.2 Å². The van der Waals surface area contributed by atoms with E-state index in [1.807, 2.05) is 22.6 Å². The summed E-state index contributed by atoms with van der Waals surface area (Å²) in [5.41, 5.74) is 0. The molecular formula is C7H11I2NO. The first kappa shape index (κ1) is 10.2.